The van der Waals surface area contributed by atoms with Crippen LogP contribution in [0.5, 0.6) is 0 Å². The molecule has 2 nitrogen and oxygen atoms in total. The summed E-state index contributed by atoms with van der Waals surface area (Å²) >= 11 is 0. The molecular formula is C8H11NO. The van der Waals surface area contributed by atoms with Gasteiger partial charge < -0.3 is 4.74 Å². The van der Waals surface area contributed by atoms with Crippen molar-refractivity contribution >= 4 is 0 Å². The molecule has 0 N–H and O–H groups in total. The van der Waals surface area contributed by atoms with Gasteiger partial charge in [-0.3, -0.25) is 0 Å². The van der Waals surface area contributed by atoms with Gasteiger partial charge in [-0.25, -0.2) is 0 Å². The summed E-state index contributed by atoms with van der Waals surface area (Å²) in [5.74, 6) is 0. The molecule has 0 saturated carbocycles. The predicted molar refractivity (Wildman–Crippen MR) is 38.4 cm³/mol. The lowest BCUT2D eigenvalue weighted by Crippen LogP contribution is -1.89. The first kappa shape index (κ1) is 7.30. The van der Waals surface area contributed by atoms with Gasteiger partial charge in [-0.1, -0.05) is 5.57 Å². The molecule has 0 aromatic rings. The Morgan fingerprint density at radius 1 is 1.40 bits per heavy atom. The highest BCUT2D eigenvalue weighted by Gasteiger charge is 2.02. The van der Waals surface area contributed by atoms with E-state index < -0.39 is 0 Å². The summed E-state index contributed by atoms with van der Waals surface area (Å²) in [6, 6.07) is 2.05. The topological polar surface area (TPSA) is 33.0 Å². The molecule has 0 amide bonds. The van der Waals surface area contributed by atoms with E-state index in [4.69, 9.17) is 10.00 Å². The quantitative estimate of drug-likeness (QED) is 0.475. The smallest absolute Gasteiger partial charge is 0.0911 e. The van der Waals surface area contributed by atoms with E-state index in [2.05, 4.69) is 0 Å². The van der Waals surface area contributed by atoms with Gasteiger partial charge in [-0.05, 0) is 19.3 Å². The van der Waals surface area contributed by atoms with Crippen LogP contribution in [-0.4, -0.2) is 13.2 Å². The summed E-state index contributed by atoms with van der Waals surface area (Å²) in [5, 5.41) is 8.34. The fourth-order valence-electron chi connectivity index (χ4n) is 1.07. The van der Waals surface area contributed by atoms with Crippen molar-refractivity contribution in [2.24, 2.45) is 0 Å². The van der Waals surface area contributed by atoms with Crippen LogP contribution in [0.2, 0.25) is 0 Å². The van der Waals surface area contributed by atoms with Crippen molar-refractivity contribution in [3.05, 3.63) is 11.6 Å². The minimum atomic E-state index is 0.785. The summed E-state index contributed by atoms with van der Waals surface area (Å²) in [4.78, 5) is 0. The summed E-state index contributed by atoms with van der Waals surface area (Å²) in [5.41, 5.74) is 1.24. The number of hydrogen-bond acceptors (Lipinski definition) is 2. The average Bonchev–Trinajstić information content (AvgIpc) is 2.17. The molecular weight excluding hydrogens is 126 g/mol. The molecule has 0 aromatic carbocycles. The van der Waals surface area contributed by atoms with Gasteiger partial charge in [0, 0.05) is 12.7 Å². The molecule has 1 aliphatic heterocycles. The highest BCUT2D eigenvalue weighted by molar-refractivity contribution is 5.13. The zero-order chi connectivity index (χ0) is 7.23. The first-order valence-electron chi connectivity index (χ1n) is 3.59. The Kier molecular flexibility index (Phi) is 2.98. The van der Waals surface area contributed by atoms with Crippen molar-refractivity contribution in [1.82, 2.24) is 0 Å². The van der Waals surface area contributed by atoms with Gasteiger partial charge in [-0.2, -0.15) is 5.26 Å². The molecule has 0 radical (unpaired) electrons. The summed E-state index contributed by atoms with van der Waals surface area (Å²) in [7, 11) is 0. The van der Waals surface area contributed by atoms with Gasteiger partial charge in [-0.15, -0.1) is 0 Å². The number of rotatable bonds is 0. The van der Waals surface area contributed by atoms with Crippen LogP contribution in [0, 0.1) is 11.3 Å². The van der Waals surface area contributed by atoms with Crippen LogP contribution in [-0.2, 0) is 4.74 Å². The zero-order valence-electron chi connectivity index (χ0n) is 5.97. The second-order valence-corrected chi connectivity index (χ2v) is 2.40. The van der Waals surface area contributed by atoms with E-state index in [-0.39, 0.29) is 0 Å². The van der Waals surface area contributed by atoms with Gasteiger partial charge in [0.25, 0.3) is 0 Å². The average molecular weight is 137 g/mol. The largest absolute Gasteiger partial charge is 0.381 e. The summed E-state index contributed by atoms with van der Waals surface area (Å²) < 4.78 is 5.22. The highest BCUT2D eigenvalue weighted by atomic mass is 16.5. The molecule has 0 atom stereocenters. The Morgan fingerprint density at radius 3 is 3.10 bits per heavy atom. The summed E-state index contributed by atoms with van der Waals surface area (Å²) in [6.07, 6.45) is 4.68. The van der Waals surface area contributed by atoms with Gasteiger partial charge in [0.15, 0.2) is 0 Å². The number of allylic oxidation sites excluding steroid dienone is 1. The van der Waals surface area contributed by atoms with E-state index >= 15 is 0 Å². The third-order valence-electron chi connectivity index (χ3n) is 1.62. The Morgan fingerprint density at radius 2 is 2.30 bits per heavy atom. The van der Waals surface area contributed by atoms with Crippen LogP contribution in [0.25, 0.3) is 0 Å². The Bertz CT molecular complexity index is 157. The van der Waals surface area contributed by atoms with E-state index in [1.54, 1.807) is 6.08 Å². The van der Waals surface area contributed by atoms with Crippen LogP contribution in [0.15, 0.2) is 11.6 Å². The lowest BCUT2D eigenvalue weighted by Gasteiger charge is -1.95. The molecule has 0 spiro atoms. The van der Waals surface area contributed by atoms with E-state index in [9.17, 15) is 0 Å². The van der Waals surface area contributed by atoms with E-state index in [1.165, 1.54) is 5.57 Å². The first-order valence-corrected chi connectivity index (χ1v) is 3.59. The van der Waals surface area contributed by atoms with Gasteiger partial charge >= 0.3 is 0 Å². The minimum absolute atomic E-state index is 0.785. The fraction of sp³-hybridized carbons (Fsp3) is 0.625. The molecule has 0 bridgehead atoms. The number of hydrogen-bond donors (Lipinski definition) is 0. The molecule has 1 fully saturated rings. The third-order valence-corrected chi connectivity index (χ3v) is 1.62. The molecule has 10 heavy (non-hydrogen) atoms. The molecule has 0 unspecified atom stereocenters. The van der Waals surface area contributed by atoms with Crippen LogP contribution < -0.4 is 0 Å². The minimum Gasteiger partial charge on any atom is -0.381 e. The summed E-state index contributed by atoms with van der Waals surface area (Å²) in [6.45, 7) is 1.64. The first-order chi connectivity index (χ1) is 4.93. The maximum absolute atomic E-state index is 8.34. The lowest BCUT2D eigenvalue weighted by atomic mass is 10.1. The van der Waals surface area contributed by atoms with E-state index in [1.807, 2.05) is 6.07 Å². The van der Waals surface area contributed by atoms with E-state index in [0.717, 1.165) is 32.5 Å². The van der Waals surface area contributed by atoms with Gasteiger partial charge in [0.05, 0.1) is 12.7 Å². The van der Waals surface area contributed by atoms with Gasteiger partial charge in [0.2, 0.25) is 0 Å². The van der Waals surface area contributed by atoms with E-state index in [0.29, 0.717) is 0 Å². The maximum Gasteiger partial charge on any atom is 0.0911 e. The SMILES string of the molecule is N#C/C=C1/CCCOCC1. The van der Waals surface area contributed by atoms with Crippen molar-refractivity contribution < 1.29 is 4.74 Å². The molecule has 0 aliphatic carbocycles. The second kappa shape index (κ2) is 4.08. The standard InChI is InChI=1S/C8H11NO/c9-5-3-8-2-1-6-10-7-4-8/h3H,1-2,4,6-7H2/b8-3-. The maximum atomic E-state index is 8.34. The van der Waals surface area contributed by atoms with Crippen molar-refractivity contribution in [2.75, 3.05) is 13.2 Å². The van der Waals surface area contributed by atoms with Crippen LogP contribution >= 0.6 is 0 Å². The van der Waals surface area contributed by atoms with Crippen molar-refractivity contribution in [3.63, 3.8) is 0 Å². The van der Waals surface area contributed by atoms with Crippen molar-refractivity contribution in [1.29, 1.82) is 5.26 Å². The molecule has 2 heteroatoms. The van der Waals surface area contributed by atoms with Crippen molar-refractivity contribution in [2.45, 2.75) is 19.3 Å². The van der Waals surface area contributed by atoms with Crippen LogP contribution in [0.1, 0.15) is 19.3 Å². The highest BCUT2D eigenvalue weighted by Crippen LogP contribution is 2.13. The lowest BCUT2D eigenvalue weighted by molar-refractivity contribution is 0.146. The Balaban J connectivity index is 2.44. The van der Waals surface area contributed by atoms with Gasteiger partial charge in [0.1, 0.15) is 0 Å². The molecule has 1 heterocycles. The molecule has 1 saturated heterocycles. The number of nitrogens with zero attached hydrogens (tertiary/aromatic N) is 1. The second-order valence-electron chi connectivity index (χ2n) is 2.40. The monoisotopic (exact) mass is 137 g/mol. The number of ether oxygens (including phenoxy) is 1. The van der Waals surface area contributed by atoms with Crippen LogP contribution in [0.4, 0.5) is 0 Å². The molecule has 1 rings (SSSR count). The van der Waals surface area contributed by atoms with Crippen molar-refractivity contribution in [3.8, 4) is 6.07 Å². The predicted octanol–water partition coefficient (Wildman–Crippen LogP) is 1.64. The Hall–Kier alpha value is -0.810. The Labute approximate surface area is 61.1 Å². The fourth-order valence-corrected chi connectivity index (χ4v) is 1.07. The third kappa shape index (κ3) is 2.20. The molecule has 1 aliphatic rings. The number of nitriles is 1. The molecule has 54 valence electrons. The van der Waals surface area contributed by atoms with Crippen LogP contribution in [0.3, 0.4) is 0 Å². The molecule has 0 aromatic heterocycles. The normalized spacial score (nSPS) is 23.7. The zero-order valence-corrected chi connectivity index (χ0v) is 5.97.